The first-order valence-electron chi connectivity index (χ1n) is 7.32. The Balaban J connectivity index is 0.000000491. The van der Waals surface area contributed by atoms with Crippen LogP contribution in [0.4, 0.5) is 5.69 Å². The maximum atomic E-state index is 5.85. The van der Waals surface area contributed by atoms with Crippen molar-refractivity contribution in [3.05, 3.63) is 60.2 Å². The fourth-order valence-electron chi connectivity index (χ4n) is 1.70. The summed E-state index contributed by atoms with van der Waals surface area (Å²) in [6, 6.07) is 16.0. The molecule has 0 aromatic heterocycles. The third kappa shape index (κ3) is 5.74. The number of allylic oxidation sites excluding steroid dienone is 1. The van der Waals surface area contributed by atoms with E-state index in [4.69, 9.17) is 11.5 Å². The maximum Gasteiger partial charge on any atom is 0.0344 e. The summed E-state index contributed by atoms with van der Waals surface area (Å²) < 4.78 is 0. The molecule has 0 aliphatic carbocycles. The highest BCUT2D eigenvalue weighted by Crippen LogP contribution is 2.22. The lowest BCUT2D eigenvalue weighted by Gasteiger charge is -2.05. The van der Waals surface area contributed by atoms with Crippen molar-refractivity contribution in [1.29, 1.82) is 0 Å². The fraction of sp³-hybridized carbons (Fsp3) is 0.263. The van der Waals surface area contributed by atoms with Gasteiger partial charge in [-0.05, 0) is 41.7 Å². The average Bonchev–Trinajstić information content (AvgIpc) is 2.47. The van der Waals surface area contributed by atoms with Gasteiger partial charge < -0.3 is 11.5 Å². The summed E-state index contributed by atoms with van der Waals surface area (Å²) >= 11 is 0. The minimum Gasteiger partial charge on any atom is -0.399 e. The third-order valence-electron chi connectivity index (χ3n) is 2.77. The standard InChI is InChI=1S/C15H16N2.C4H10/c1-2-15(17)13-5-3-11(4-6-13)12-7-9-14(16)10-8-12;1-4(2)3/h2-10H,16-17H2,1H3;4H,1-3H3/b15-2-;. The molecular formula is C19H26N2. The Morgan fingerprint density at radius 3 is 1.62 bits per heavy atom. The smallest absolute Gasteiger partial charge is 0.0344 e. The van der Waals surface area contributed by atoms with Crippen LogP contribution in [-0.4, -0.2) is 0 Å². The minimum atomic E-state index is 0.781. The largest absolute Gasteiger partial charge is 0.399 e. The van der Waals surface area contributed by atoms with E-state index in [9.17, 15) is 0 Å². The van der Waals surface area contributed by atoms with Gasteiger partial charge in [-0.1, -0.05) is 63.2 Å². The minimum absolute atomic E-state index is 0.781. The molecule has 0 aliphatic heterocycles. The van der Waals surface area contributed by atoms with Gasteiger partial charge in [0.05, 0.1) is 0 Å². The van der Waals surface area contributed by atoms with Crippen molar-refractivity contribution < 1.29 is 0 Å². The zero-order valence-electron chi connectivity index (χ0n) is 13.4. The zero-order chi connectivity index (χ0) is 15.8. The van der Waals surface area contributed by atoms with Crippen molar-refractivity contribution >= 4 is 11.4 Å². The number of benzene rings is 2. The molecule has 112 valence electrons. The summed E-state index contributed by atoms with van der Waals surface area (Å²) in [6.07, 6.45) is 1.90. The molecule has 21 heavy (non-hydrogen) atoms. The van der Waals surface area contributed by atoms with Crippen LogP contribution in [0.15, 0.2) is 54.6 Å². The first-order valence-corrected chi connectivity index (χ1v) is 7.32. The molecule has 0 saturated carbocycles. The molecule has 2 rings (SSSR count). The van der Waals surface area contributed by atoms with Crippen LogP contribution < -0.4 is 11.5 Å². The summed E-state index contributed by atoms with van der Waals surface area (Å²) in [4.78, 5) is 0. The summed E-state index contributed by atoms with van der Waals surface area (Å²) in [5, 5.41) is 0. The molecule has 0 heterocycles. The quantitative estimate of drug-likeness (QED) is 0.768. The lowest BCUT2D eigenvalue weighted by Crippen LogP contribution is -1.94. The van der Waals surface area contributed by atoms with Gasteiger partial charge in [0.1, 0.15) is 0 Å². The number of nitrogens with two attached hydrogens (primary N) is 2. The first-order chi connectivity index (χ1) is 9.93. The van der Waals surface area contributed by atoms with Crippen LogP contribution in [-0.2, 0) is 0 Å². The number of hydrogen-bond donors (Lipinski definition) is 2. The van der Waals surface area contributed by atoms with E-state index in [0.717, 1.165) is 34.0 Å². The molecule has 0 saturated heterocycles. The van der Waals surface area contributed by atoms with Crippen LogP contribution in [0.3, 0.4) is 0 Å². The molecule has 4 N–H and O–H groups in total. The monoisotopic (exact) mass is 282 g/mol. The van der Waals surface area contributed by atoms with Crippen molar-refractivity contribution in [2.24, 2.45) is 11.7 Å². The van der Waals surface area contributed by atoms with Crippen LogP contribution in [0.2, 0.25) is 0 Å². The summed E-state index contributed by atoms with van der Waals surface area (Å²) in [5.41, 5.74) is 16.5. The highest BCUT2D eigenvalue weighted by molar-refractivity contribution is 5.69. The number of hydrogen-bond acceptors (Lipinski definition) is 2. The fourth-order valence-corrected chi connectivity index (χ4v) is 1.70. The Kier molecular flexibility index (Phi) is 6.54. The molecule has 2 nitrogen and oxygen atoms in total. The van der Waals surface area contributed by atoms with Gasteiger partial charge in [-0.3, -0.25) is 0 Å². The van der Waals surface area contributed by atoms with Crippen molar-refractivity contribution in [3.8, 4) is 11.1 Å². The Morgan fingerprint density at radius 1 is 0.857 bits per heavy atom. The normalized spacial score (nSPS) is 11.0. The highest BCUT2D eigenvalue weighted by Gasteiger charge is 1.99. The van der Waals surface area contributed by atoms with E-state index in [1.165, 1.54) is 0 Å². The van der Waals surface area contributed by atoms with Crippen LogP contribution >= 0.6 is 0 Å². The zero-order valence-corrected chi connectivity index (χ0v) is 13.4. The van der Waals surface area contributed by atoms with E-state index in [1.54, 1.807) is 0 Å². The van der Waals surface area contributed by atoms with Crippen molar-refractivity contribution in [2.75, 3.05) is 5.73 Å². The van der Waals surface area contributed by atoms with Gasteiger partial charge >= 0.3 is 0 Å². The third-order valence-corrected chi connectivity index (χ3v) is 2.77. The Labute approximate surface area is 128 Å². The summed E-state index contributed by atoms with van der Waals surface area (Å²) in [6.45, 7) is 8.43. The average molecular weight is 282 g/mol. The molecule has 0 radical (unpaired) electrons. The van der Waals surface area contributed by atoms with Crippen LogP contribution in [0.1, 0.15) is 33.3 Å². The van der Waals surface area contributed by atoms with Crippen LogP contribution in [0, 0.1) is 5.92 Å². The maximum absolute atomic E-state index is 5.85. The molecule has 0 unspecified atom stereocenters. The van der Waals surface area contributed by atoms with E-state index in [2.05, 4.69) is 32.9 Å². The Hall–Kier alpha value is -2.22. The van der Waals surface area contributed by atoms with Crippen molar-refractivity contribution in [3.63, 3.8) is 0 Å². The Bertz CT molecular complexity index is 561. The highest BCUT2D eigenvalue weighted by atomic mass is 14.6. The van der Waals surface area contributed by atoms with E-state index in [-0.39, 0.29) is 0 Å². The lowest BCUT2D eigenvalue weighted by molar-refractivity contribution is 0.737. The van der Waals surface area contributed by atoms with Crippen molar-refractivity contribution in [2.45, 2.75) is 27.7 Å². The predicted octanol–water partition coefficient (Wildman–Crippen LogP) is 4.92. The van der Waals surface area contributed by atoms with Gasteiger partial charge in [0.2, 0.25) is 0 Å². The second-order valence-electron chi connectivity index (χ2n) is 5.68. The number of rotatable bonds is 2. The number of anilines is 1. The molecule has 2 aromatic rings. The van der Waals surface area contributed by atoms with E-state index < -0.39 is 0 Å². The molecule has 0 bridgehead atoms. The first kappa shape index (κ1) is 16.8. The van der Waals surface area contributed by atoms with Gasteiger partial charge in [0.25, 0.3) is 0 Å². The Morgan fingerprint density at radius 2 is 1.24 bits per heavy atom. The molecule has 0 spiro atoms. The second kappa shape index (κ2) is 8.15. The van der Waals surface area contributed by atoms with Crippen molar-refractivity contribution in [1.82, 2.24) is 0 Å². The number of nitrogen functional groups attached to an aromatic ring is 1. The van der Waals surface area contributed by atoms with Gasteiger partial charge in [0, 0.05) is 11.4 Å². The summed E-state index contributed by atoms with van der Waals surface area (Å²) in [7, 11) is 0. The SMILES string of the molecule is C/C=C(\N)c1ccc(-c2ccc(N)cc2)cc1.CC(C)C. The molecular weight excluding hydrogens is 256 g/mol. The van der Waals surface area contributed by atoms with E-state index >= 15 is 0 Å². The molecule has 2 heteroatoms. The molecule has 2 aromatic carbocycles. The predicted molar refractivity (Wildman–Crippen MR) is 94.6 cm³/mol. The topological polar surface area (TPSA) is 52.0 Å². The van der Waals surface area contributed by atoms with E-state index in [1.807, 2.05) is 49.4 Å². The lowest BCUT2D eigenvalue weighted by atomic mass is 10.0. The van der Waals surface area contributed by atoms with Crippen LogP contribution in [0.25, 0.3) is 16.8 Å². The molecule has 0 aliphatic rings. The molecule has 0 fully saturated rings. The van der Waals surface area contributed by atoms with Gasteiger partial charge in [-0.2, -0.15) is 0 Å². The van der Waals surface area contributed by atoms with Gasteiger partial charge in [-0.15, -0.1) is 0 Å². The van der Waals surface area contributed by atoms with E-state index in [0.29, 0.717) is 0 Å². The second-order valence-corrected chi connectivity index (χ2v) is 5.68. The van der Waals surface area contributed by atoms with Crippen LogP contribution in [0.5, 0.6) is 0 Å². The van der Waals surface area contributed by atoms with Gasteiger partial charge in [0.15, 0.2) is 0 Å². The van der Waals surface area contributed by atoms with Gasteiger partial charge in [-0.25, -0.2) is 0 Å². The summed E-state index contributed by atoms with van der Waals surface area (Å²) in [5.74, 6) is 0.833. The molecule has 0 atom stereocenters. The molecule has 0 amide bonds.